The molecule has 1 aromatic rings. The van der Waals surface area contributed by atoms with E-state index in [4.69, 9.17) is 0 Å². The first kappa shape index (κ1) is 13.5. The minimum absolute atomic E-state index is 0.227. The van der Waals surface area contributed by atoms with Crippen LogP contribution in [0.2, 0.25) is 0 Å². The smallest absolute Gasteiger partial charge is 0.129 e. The molecule has 90 valence electrons. The van der Waals surface area contributed by atoms with Gasteiger partial charge in [-0.15, -0.1) is 0 Å². The van der Waals surface area contributed by atoms with Gasteiger partial charge in [0.1, 0.15) is 11.6 Å². The molecule has 0 amide bonds. The third-order valence-corrected chi connectivity index (χ3v) is 3.46. The molecule has 0 saturated heterocycles. The van der Waals surface area contributed by atoms with Crippen LogP contribution in [-0.4, -0.2) is 24.6 Å². The average Bonchev–Trinajstić information content (AvgIpc) is 2.27. The van der Waals surface area contributed by atoms with Crippen LogP contribution >= 0.6 is 11.8 Å². The number of hydrogen-bond donors (Lipinski definition) is 1. The number of benzene rings is 1. The van der Waals surface area contributed by atoms with Crippen LogP contribution in [0.1, 0.15) is 12.5 Å². The molecule has 1 rings (SSSR count). The van der Waals surface area contributed by atoms with Crippen LogP contribution in [0.25, 0.3) is 0 Å². The zero-order chi connectivity index (χ0) is 12.0. The average molecular weight is 245 g/mol. The second-order valence-corrected chi connectivity index (χ2v) is 4.90. The first-order valence-electron chi connectivity index (χ1n) is 5.36. The summed E-state index contributed by atoms with van der Waals surface area (Å²) in [4.78, 5) is 0. The summed E-state index contributed by atoms with van der Waals surface area (Å²) in [5, 5.41) is 3.15. The van der Waals surface area contributed by atoms with Crippen molar-refractivity contribution in [2.45, 2.75) is 19.4 Å². The second kappa shape index (κ2) is 6.86. The lowest BCUT2D eigenvalue weighted by Gasteiger charge is -2.15. The lowest BCUT2D eigenvalue weighted by molar-refractivity contribution is 0.550. The van der Waals surface area contributed by atoms with E-state index in [-0.39, 0.29) is 6.04 Å². The van der Waals surface area contributed by atoms with E-state index in [1.165, 1.54) is 12.1 Å². The van der Waals surface area contributed by atoms with Crippen molar-refractivity contribution in [3.05, 3.63) is 35.4 Å². The minimum atomic E-state index is -0.523. The van der Waals surface area contributed by atoms with Gasteiger partial charge in [0, 0.05) is 17.9 Å². The van der Waals surface area contributed by atoms with Gasteiger partial charge >= 0.3 is 0 Å². The van der Waals surface area contributed by atoms with E-state index in [9.17, 15) is 8.78 Å². The van der Waals surface area contributed by atoms with Crippen molar-refractivity contribution < 1.29 is 8.78 Å². The molecule has 0 aliphatic heterocycles. The molecule has 0 saturated carbocycles. The number of nitrogens with one attached hydrogen (secondary N) is 1. The Labute approximate surface area is 99.6 Å². The standard InChI is InChI=1S/C12H17F2NS/c1-3-16-8-11(15-2)6-9-4-5-10(13)7-12(9)14/h4-5,7,11,15H,3,6,8H2,1-2H3. The fourth-order valence-corrected chi connectivity index (χ4v) is 2.26. The third-order valence-electron chi connectivity index (χ3n) is 2.41. The Hall–Kier alpha value is -0.610. The summed E-state index contributed by atoms with van der Waals surface area (Å²) in [7, 11) is 1.86. The molecule has 1 aromatic carbocycles. The van der Waals surface area contributed by atoms with Crippen molar-refractivity contribution >= 4 is 11.8 Å². The summed E-state index contributed by atoms with van der Waals surface area (Å²) in [5.74, 6) is 1.00. The highest BCUT2D eigenvalue weighted by atomic mass is 32.2. The summed E-state index contributed by atoms with van der Waals surface area (Å²) in [6.07, 6.45) is 0.593. The quantitative estimate of drug-likeness (QED) is 0.827. The molecule has 0 fully saturated rings. The molecule has 1 N–H and O–H groups in total. The van der Waals surface area contributed by atoms with E-state index in [1.54, 1.807) is 0 Å². The van der Waals surface area contributed by atoms with E-state index in [1.807, 2.05) is 18.8 Å². The topological polar surface area (TPSA) is 12.0 Å². The zero-order valence-corrected chi connectivity index (χ0v) is 10.4. The summed E-state index contributed by atoms with van der Waals surface area (Å²) in [6.45, 7) is 2.09. The number of thioether (sulfide) groups is 1. The molecule has 1 unspecified atom stereocenters. The molecular weight excluding hydrogens is 228 g/mol. The van der Waals surface area contributed by atoms with Crippen LogP contribution in [0.3, 0.4) is 0 Å². The number of halogens is 2. The normalized spacial score (nSPS) is 12.8. The van der Waals surface area contributed by atoms with Gasteiger partial charge in [0.2, 0.25) is 0 Å². The predicted octanol–water partition coefficient (Wildman–Crippen LogP) is 2.85. The van der Waals surface area contributed by atoms with Crippen LogP contribution in [0, 0.1) is 11.6 Å². The first-order valence-corrected chi connectivity index (χ1v) is 6.51. The zero-order valence-electron chi connectivity index (χ0n) is 9.59. The van der Waals surface area contributed by atoms with E-state index >= 15 is 0 Å². The molecule has 16 heavy (non-hydrogen) atoms. The maximum atomic E-state index is 13.4. The summed E-state index contributed by atoms with van der Waals surface area (Å²) in [6, 6.07) is 3.99. The highest BCUT2D eigenvalue weighted by Gasteiger charge is 2.10. The predicted molar refractivity (Wildman–Crippen MR) is 65.9 cm³/mol. The molecule has 0 heterocycles. The van der Waals surface area contributed by atoms with Crippen LogP contribution < -0.4 is 5.32 Å². The molecule has 0 spiro atoms. The molecular formula is C12H17F2NS. The van der Waals surface area contributed by atoms with Gasteiger partial charge in [-0.25, -0.2) is 8.78 Å². The van der Waals surface area contributed by atoms with E-state index < -0.39 is 11.6 Å². The van der Waals surface area contributed by atoms with Crippen molar-refractivity contribution in [1.29, 1.82) is 0 Å². The summed E-state index contributed by atoms with van der Waals surface area (Å²) < 4.78 is 26.1. The largest absolute Gasteiger partial charge is 0.316 e. The van der Waals surface area contributed by atoms with E-state index in [0.29, 0.717) is 12.0 Å². The Morgan fingerprint density at radius 2 is 2.12 bits per heavy atom. The fraction of sp³-hybridized carbons (Fsp3) is 0.500. The third kappa shape index (κ3) is 4.10. The van der Waals surface area contributed by atoms with Crippen molar-refractivity contribution in [2.75, 3.05) is 18.6 Å². The minimum Gasteiger partial charge on any atom is -0.316 e. The molecule has 0 aliphatic carbocycles. The number of hydrogen-bond acceptors (Lipinski definition) is 2. The van der Waals surface area contributed by atoms with E-state index in [2.05, 4.69) is 12.2 Å². The maximum Gasteiger partial charge on any atom is 0.129 e. The van der Waals surface area contributed by atoms with Gasteiger partial charge in [-0.1, -0.05) is 13.0 Å². The molecule has 0 aromatic heterocycles. The number of likely N-dealkylation sites (N-methyl/N-ethyl adjacent to an activating group) is 1. The lowest BCUT2D eigenvalue weighted by atomic mass is 10.1. The van der Waals surface area contributed by atoms with Crippen molar-refractivity contribution in [3.63, 3.8) is 0 Å². The Bertz CT molecular complexity index is 331. The van der Waals surface area contributed by atoms with E-state index in [0.717, 1.165) is 17.6 Å². The van der Waals surface area contributed by atoms with Gasteiger partial charge in [0.05, 0.1) is 0 Å². The molecule has 4 heteroatoms. The Morgan fingerprint density at radius 3 is 2.69 bits per heavy atom. The Balaban J connectivity index is 2.62. The van der Waals surface area contributed by atoms with Gasteiger partial charge in [0.15, 0.2) is 0 Å². The first-order chi connectivity index (χ1) is 7.67. The molecule has 0 radical (unpaired) electrons. The van der Waals surface area contributed by atoms with Crippen LogP contribution in [0.4, 0.5) is 8.78 Å². The maximum absolute atomic E-state index is 13.4. The fourth-order valence-electron chi connectivity index (χ4n) is 1.46. The van der Waals surface area contributed by atoms with Gasteiger partial charge in [-0.2, -0.15) is 11.8 Å². The van der Waals surface area contributed by atoms with Crippen molar-refractivity contribution in [2.24, 2.45) is 0 Å². The molecule has 1 nitrogen and oxygen atoms in total. The Kier molecular flexibility index (Phi) is 5.77. The van der Waals surface area contributed by atoms with Crippen LogP contribution in [-0.2, 0) is 6.42 Å². The van der Waals surface area contributed by atoms with Gasteiger partial charge < -0.3 is 5.32 Å². The van der Waals surface area contributed by atoms with Gasteiger partial charge in [-0.05, 0) is 30.9 Å². The molecule has 1 atom stereocenters. The molecule has 0 bridgehead atoms. The van der Waals surface area contributed by atoms with Crippen molar-refractivity contribution in [3.8, 4) is 0 Å². The van der Waals surface area contributed by atoms with Crippen molar-refractivity contribution in [1.82, 2.24) is 5.32 Å². The van der Waals surface area contributed by atoms with Crippen LogP contribution in [0.15, 0.2) is 18.2 Å². The highest BCUT2D eigenvalue weighted by Crippen LogP contribution is 2.13. The lowest BCUT2D eigenvalue weighted by Crippen LogP contribution is -2.30. The van der Waals surface area contributed by atoms with Gasteiger partial charge in [0.25, 0.3) is 0 Å². The Morgan fingerprint density at radius 1 is 1.38 bits per heavy atom. The second-order valence-electron chi connectivity index (χ2n) is 3.58. The summed E-state index contributed by atoms with van der Waals surface area (Å²) in [5.41, 5.74) is 0.567. The highest BCUT2D eigenvalue weighted by molar-refractivity contribution is 7.99. The number of rotatable bonds is 6. The van der Waals surface area contributed by atoms with Gasteiger partial charge in [-0.3, -0.25) is 0 Å². The monoisotopic (exact) mass is 245 g/mol. The SMILES string of the molecule is CCSCC(Cc1ccc(F)cc1F)NC. The summed E-state index contributed by atoms with van der Waals surface area (Å²) >= 11 is 1.81. The molecule has 0 aliphatic rings. The van der Waals surface area contributed by atoms with Crippen LogP contribution in [0.5, 0.6) is 0 Å².